The first kappa shape index (κ1) is 14.1. The summed E-state index contributed by atoms with van der Waals surface area (Å²) in [4.78, 5) is 0. The molecule has 0 amide bonds. The highest BCUT2D eigenvalue weighted by molar-refractivity contribution is 7.99. The summed E-state index contributed by atoms with van der Waals surface area (Å²) in [6, 6.07) is 0.106. The van der Waals surface area contributed by atoms with E-state index in [1.54, 1.807) is 6.20 Å². The first-order chi connectivity index (χ1) is 8.65. The smallest absolute Gasteiger partial charge is 0.0913 e. The molecule has 1 aliphatic heterocycles. The van der Waals surface area contributed by atoms with Gasteiger partial charge in [-0.3, -0.25) is 10.5 Å². The molecule has 18 heavy (non-hydrogen) atoms. The van der Waals surface area contributed by atoms with Gasteiger partial charge >= 0.3 is 0 Å². The summed E-state index contributed by atoms with van der Waals surface area (Å²) >= 11 is 8.11. The number of hydrogen-bond donors (Lipinski definition) is 2. The third-order valence-corrected chi connectivity index (χ3v) is 4.27. The number of rotatable bonds is 4. The fraction of sp³-hybridized carbons (Fsp3) is 0.727. The lowest BCUT2D eigenvalue weighted by atomic mass is 10.1. The molecule has 5 nitrogen and oxygen atoms in total. The zero-order chi connectivity index (χ0) is 13.1. The standard InChI is InChI=1S/C11H19ClN4OS/c1-7(2)16-11(8(12)5-14-16)10(15-13)9-6-18-4-3-17-9/h5,7,9-10,15H,3-4,6,13H2,1-2H3. The third-order valence-electron chi connectivity index (χ3n) is 2.96. The fourth-order valence-corrected chi connectivity index (χ4v) is 3.26. The van der Waals surface area contributed by atoms with Gasteiger partial charge in [-0.2, -0.15) is 16.9 Å². The van der Waals surface area contributed by atoms with Crippen molar-refractivity contribution in [2.24, 2.45) is 5.84 Å². The lowest BCUT2D eigenvalue weighted by Crippen LogP contribution is -2.42. The van der Waals surface area contributed by atoms with E-state index < -0.39 is 0 Å². The number of hydrogen-bond acceptors (Lipinski definition) is 5. The minimum Gasteiger partial charge on any atom is -0.374 e. The van der Waals surface area contributed by atoms with Crippen LogP contribution >= 0.6 is 23.4 Å². The molecule has 102 valence electrons. The zero-order valence-electron chi connectivity index (χ0n) is 10.6. The summed E-state index contributed by atoms with van der Waals surface area (Å²) in [7, 11) is 0. The van der Waals surface area contributed by atoms with Gasteiger partial charge in [-0.1, -0.05) is 11.6 Å². The SMILES string of the molecule is CC(C)n1ncc(Cl)c1C(NN)C1CSCCO1. The molecular weight excluding hydrogens is 272 g/mol. The Morgan fingerprint density at radius 3 is 3.00 bits per heavy atom. The Kier molecular flexibility index (Phi) is 4.91. The van der Waals surface area contributed by atoms with Crippen molar-refractivity contribution in [2.45, 2.75) is 32.0 Å². The highest BCUT2D eigenvalue weighted by atomic mass is 35.5. The number of nitrogens with one attached hydrogen (secondary N) is 1. The third kappa shape index (κ3) is 2.83. The minimum absolute atomic E-state index is 0.0282. The molecule has 7 heteroatoms. The van der Waals surface area contributed by atoms with Crippen LogP contribution in [-0.2, 0) is 4.74 Å². The van der Waals surface area contributed by atoms with Gasteiger partial charge in [0.2, 0.25) is 0 Å². The number of aromatic nitrogens is 2. The summed E-state index contributed by atoms with van der Waals surface area (Å²) in [5.41, 5.74) is 3.73. The van der Waals surface area contributed by atoms with Crippen LogP contribution in [0.2, 0.25) is 5.02 Å². The Labute approximate surface area is 116 Å². The van der Waals surface area contributed by atoms with Crippen LogP contribution in [-0.4, -0.2) is 34.0 Å². The van der Waals surface area contributed by atoms with Crippen molar-refractivity contribution in [3.8, 4) is 0 Å². The normalized spacial score (nSPS) is 22.4. The van der Waals surface area contributed by atoms with E-state index in [0.717, 1.165) is 23.8 Å². The maximum atomic E-state index is 6.24. The van der Waals surface area contributed by atoms with Gasteiger partial charge < -0.3 is 4.74 Å². The first-order valence-corrected chi connectivity index (χ1v) is 7.56. The Morgan fingerprint density at radius 2 is 2.44 bits per heavy atom. The quantitative estimate of drug-likeness (QED) is 0.653. The van der Waals surface area contributed by atoms with Crippen LogP contribution in [0.1, 0.15) is 31.6 Å². The van der Waals surface area contributed by atoms with Crippen molar-refractivity contribution in [1.82, 2.24) is 15.2 Å². The maximum Gasteiger partial charge on any atom is 0.0913 e. The Morgan fingerprint density at radius 1 is 1.67 bits per heavy atom. The molecule has 1 aliphatic rings. The largest absolute Gasteiger partial charge is 0.374 e. The van der Waals surface area contributed by atoms with E-state index >= 15 is 0 Å². The molecule has 0 spiro atoms. The molecule has 0 saturated carbocycles. The van der Waals surface area contributed by atoms with Gasteiger partial charge in [-0.15, -0.1) is 0 Å². The van der Waals surface area contributed by atoms with Gasteiger partial charge in [0.25, 0.3) is 0 Å². The molecule has 2 heterocycles. The minimum atomic E-state index is -0.129. The molecule has 1 aromatic rings. The van der Waals surface area contributed by atoms with Crippen LogP contribution in [0.25, 0.3) is 0 Å². The summed E-state index contributed by atoms with van der Waals surface area (Å²) in [5, 5.41) is 4.94. The number of thioether (sulfide) groups is 1. The van der Waals surface area contributed by atoms with E-state index in [0.29, 0.717) is 5.02 Å². The van der Waals surface area contributed by atoms with E-state index in [2.05, 4.69) is 24.4 Å². The Bertz CT molecular complexity index is 392. The van der Waals surface area contributed by atoms with Gasteiger partial charge in [0.1, 0.15) is 0 Å². The van der Waals surface area contributed by atoms with E-state index in [1.165, 1.54) is 0 Å². The number of halogens is 1. The van der Waals surface area contributed by atoms with E-state index in [4.69, 9.17) is 22.2 Å². The van der Waals surface area contributed by atoms with E-state index in [1.807, 2.05) is 16.4 Å². The summed E-state index contributed by atoms with van der Waals surface area (Å²) < 4.78 is 7.68. The van der Waals surface area contributed by atoms with Crippen molar-refractivity contribution < 1.29 is 4.74 Å². The molecule has 2 rings (SSSR count). The maximum absolute atomic E-state index is 6.24. The molecule has 1 aromatic heterocycles. The highest BCUT2D eigenvalue weighted by Gasteiger charge is 2.30. The molecule has 2 unspecified atom stereocenters. The van der Waals surface area contributed by atoms with Crippen LogP contribution in [0.5, 0.6) is 0 Å². The van der Waals surface area contributed by atoms with Gasteiger partial charge in [0, 0.05) is 17.5 Å². The second-order valence-corrected chi connectivity index (χ2v) is 6.10. The van der Waals surface area contributed by atoms with Crippen molar-refractivity contribution >= 4 is 23.4 Å². The second-order valence-electron chi connectivity index (χ2n) is 4.54. The predicted molar refractivity (Wildman–Crippen MR) is 74.8 cm³/mol. The number of nitrogens with two attached hydrogens (primary N) is 1. The Balaban J connectivity index is 2.28. The van der Waals surface area contributed by atoms with Gasteiger partial charge in [-0.05, 0) is 13.8 Å². The van der Waals surface area contributed by atoms with Gasteiger partial charge in [0.05, 0.1) is 35.7 Å². The molecule has 0 aromatic carbocycles. The lowest BCUT2D eigenvalue weighted by Gasteiger charge is -2.30. The molecule has 1 fully saturated rings. The molecule has 0 aliphatic carbocycles. The molecule has 0 radical (unpaired) electrons. The highest BCUT2D eigenvalue weighted by Crippen LogP contribution is 2.31. The summed E-state index contributed by atoms with van der Waals surface area (Å²) in [5.74, 6) is 7.64. The molecular formula is C11H19ClN4OS. The molecule has 3 N–H and O–H groups in total. The van der Waals surface area contributed by atoms with Crippen molar-refractivity contribution in [3.63, 3.8) is 0 Å². The number of ether oxygens (including phenoxy) is 1. The number of nitrogens with zero attached hydrogens (tertiary/aromatic N) is 2. The summed E-state index contributed by atoms with van der Waals surface area (Å²) in [6.45, 7) is 4.88. The van der Waals surface area contributed by atoms with Crippen molar-refractivity contribution in [1.29, 1.82) is 0 Å². The summed E-state index contributed by atoms with van der Waals surface area (Å²) in [6.07, 6.45) is 1.69. The Hall–Kier alpha value is -0.270. The number of hydrazine groups is 1. The average Bonchev–Trinajstić information content (AvgIpc) is 2.74. The predicted octanol–water partition coefficient (Wildman–Crippen LogP) is 1.75. The fourth-order valence-electron chi connectivity index (χ4n) is 2.11. The second kappa shape index (κ2) is 6.25. The average molecular weight is 291 g/mol. The van der Waals surface area contributed by atoms with Crippen LogP contribution < -0.4 is 11.3 Å². The molecule has 0 bridgehead atoms. The van der Waals surface area contributed by atoms with Crippen LogP contribution in [0.15, 0.2) is 6.20 Å². The molecule has 1 saturated heterocycles. The molecule has 2 atom stereocenters. The van der Waals surface area contributed by atoms with Gasteiger partial charge in [-0.25, -0.2) is 5.43 Å². The van der Waals surface area contributed by atoms with Crippen molar-refractivity contribution in [3.05, 3.63) is 16.9 Å². The lowest BCUT2D eigenvalue weighted by molar-refractivity contribution is 0.0441. The van der Waals surface area contributed by atoms with Crippen LogP contribution in [0.4, 0.5) is 0 Å². The monoisotopic (exact) mass is 290 g/mol. The van der Waals surface area contributed by atoms with Gasteiger partial charge in [0.15, 0.2) is 0 Å². The van der Waals surface area contributed by atoms with Crippen molar-refractivity contribution in [2.75, 3.05) is 18.1 Å². The van der Waals surface area contributed by atoms with Crippen LogP contribution in [0.3, 0.4) is 0 Å². The van der Waals surface area contributed by atoms with Crippen LogP contribution in [0, 0.1) is 0 Å². The topological polar surface area (TPSA) is 65.1 Å². The zero-order valence-corrected chi connectivity index (χ0v) is 12.2. The van der Waals surface area contributed by atoms with E-state index in [-0.39, 0.29) is 18.2 Å². The van der Waals surface area contributed by atoms with E-state index in [9.17, 15) is 0 Å². The first-order valence-electron chi connectivity index (χ1n) is 6.03.